The van der Waals surface area contributed by atoms with Crippen LogP contribution in [0.2, 0.25) is 0 Å². The number of ether oxygens (including phenoxy) is 2. The molecule has 32 heavy (non-hydrogen) atoms. The highest BCUT2D eigenvalue weighted by Gasteiger charge is 2.47. The van der Waals surface area contributed by atoms with Crippen molar-refractivity contribution in [2.75, 3.05) is 13.2 Å². The maximum absolute atomic E-state index is 12.9. The highest BCUT2D eigenvalue weighted by atomic mass is 19.4. The number of carboxylic acids is 1. The topological polar surface area (TPSA) is 102 Å². The van der Waals surface area contributed by atoms with Gasteiger partial charge in [0.15, 0.2) is 0 Å². The van der Waals surface area contributed by atoms with E-state index in [-0.39, 0.29) is 24.2 Å². The number of halogens is 3. The number of amides is 1. The van der Waals surface area contributed by atoms with Gasteiger partial charge in [-0.15, -0.1) is 0 Å². The number of rotatable bonds is 4. The Balaban J connectivity index is 0.000000360. The molecule has 0 aromatic carbocycles. The first kappa shape index (κ1) is 23.7. The number of pyridine rings is 1. The first-order chi connectivity index (χ1) is 15.2. The van der Waals surface area contributed by atoms with Gasteiger partial charge in [0.05, 0.1) is 31.0 Å². The summed E-state index contributed by atoms with van der Waals surface area (Å²) in [6.07, 6.45) is 1.73. The Kier molecular flexibility index (Phi) is 7.52. The molecule has 3 atom stereocenters. The zero-order valence-electron chi connectivity index (χ0n) is 17.2. The number of nitrogens with zero attached hydrogens (tertiary/aromatic N) is 2. The van der Waals surface area contributed by atoms with Crippen molar-refractivity contribution in [3.8, 4) is 0 Å². The average molecular weight is 456 g/mol. The van der Waals surface area contributed by atoms with E-state index in [1.54, 1.807) is 24.7 Å². The number of aliphatic carboxylic acids is 1. The van der Waals surface area contributed by atoms with Crippen LogP contribution in [0, 0.1) is 6.92 Å². The first-order valence-electron chi connectivity index (χ1n) is 9.95. The summed E-state index contributed by atoms with van der Waals surface area (Å²) in [5, 5.41) is 7.12. The Morgan fingerprint density at radius 3 is 2.69 bits per heavy atom. The molecule has 0 bridgehead atoms. The maximum atomic E-state index is 12.9. The van der Waals surface area contributed by atoms with E-state index >= 15 is 0 Å². The van der Waals surface area contributed by atoms with E-state index in [2.05, 4.69) is 4.98 Å². The molecule has 0 radical (unpaired) electrons. The van der Waals surface area contributed by atoms with Crippen molar-refractivity contribution in [1.29, 1.82) is 0 Å². The molecule has 2 fully saturated rings. The Morgan fingerprint density at radius 2 is 2.09 bits per heavy atom. The fraction of sp³-hybridized carbons (Fsp3) is 0.476. The van der Waals surface area contributed by atoms with Gasteiger partial charge in [-0.2, -0.15) is 13.2 Å². The van der Waals surface area contributed by atoms with Crippen molar-refractivity contribution in [2.45, 2.75) is 50.8 Å². The fourth-order valence-electron chi connectivity index (χ4n) is 3.74. The van der Waals surface area contributed by atoms with Gasteiger partial charge in [0.1, 0.15) is 18.0 Å². The molecule has 4 heterocycles. The molecule has 2 aromatic rings. The summed E-state index contributed by atoms with van der Waals surface area (Å²) in [6, 6.07) is 5.68. The highest BCUT2D eigenvalue weighted by Crippen LogP contribution is 2.32. The van der Waals surface area contributed by atoms with Crippen LogP contribution in [0.3, 0.4) is 0 Å². The van der Waals surface area contributed by atoms with Crippen LogP contribution in [-0.4, -0.2) is 64.4 Å². The van der Waals surface area contributed by atoms with E-state index in [0.717, 1.165) is 25.0 Å². The molecule has 0 spiro atoms. The lowest BCUT2D eigenvalue weighted by Crippen LogP contribution is -2.43. The third kappa shape index (κ3) is 5.65. The molecule has 2 saturated heterocycles. The van der Waals surface area contributed by atoms with Gasteiger partial charge in [-0.1, -0.05) is 6.07 Å². The number of aromatic nitrogens is 1. The predicted molar refractivity (Wildman–Crippen MR) is 104 cm³/mol. The van der Waals surface area contributed by atoms with Gasteiger partial charge in [0.2, 0.25) is 0 Å². The van der Waals surface area contributed by atoms with Crippen LogP contribution in [0.15, 0.2) is 41.3 Å². The quantitative estimate of drug-likeness (QED) is 0.754. The standard InChI is InChI=1S/C19H22N2O4.C2HF3O2/c1-13-15(6-9-23-13)19(22)21-11-17(18-16(21)5-3-8-24-18)25-12-14-4-2-7-20-10-14;3-2(4,5)1(6)7/h2,4,6-7,9-10,16-18H,3,5,8,11-12H2,1H3;(H,6,7)/t16-,17+,18-;/m0./s1. The monoisotopic (exact) mass is 456 g/mol. The number of fused-ring (bicyclic) bond motifs is 1. The second kappa shape index (κ2) is 10.1. The second-order valence-corrected chi connectivity index (χ2v) is 7.41. The normalized spacial score (nSPS) is 22.6. The highest BCUT2D eigenvalue weighted by molar-refractivity contribution is 5.95. The molecule has 0 unspecified atom stereocenters. The zero-order valence-corrected chi connectivity index (χ0v) is 17.2. The number of hydrogen-bond donors (Lipinski definition) is 1. The Bertz CT molecular complexity index is 918. The van der Waals surface area contributed by atoms with E-state index in [1.807, 2.05) is 24.0 Å². The maximum Gasteiger partial charge on any atom is 0.490 e. The van der Waals surface area contributed by atoms with Crippen LogP contribution in [0.25, 0.3) is 0 Å². The van der Waals surface area contributed by atoms with E-state index in [4.69, 9.17) is 23.8 Å². The van der Waals surface area contributed by atoms with Crippen molar-refractivity contribution < 1.29 is 41.8 Å². The van der Waals surface area contributed by atoms with Gasteiger partial charge < -0.3 is 23.9 Å². The van der Waals surface area contributed by atoms with Gasteiger partial charge in [0, 0.05) is 19.0 Å². The van der Waals surface area contributed by atoms with Gasteiger partial charge in [0.25, 0.3) is 5.91 Å². The summed E-state index contributed by atoms with van der Waals surface area (Å²) in [5.41, 5.74) is 1.64. The third-order valence-electron chi connectivity index (χ3n) is 5.26. The largest absolute Gasteiger partial charge is 0.490 e. The molecule has 11 heteroatoms. The van der Waals surface area contributed by atoms with E-state index in [9.17, 15) is 18.0 Å². The number of hydrogen-bond acceptors (Lipinski definition) is 6. The Morgan fingerprint density at radius 1 is 1.34 bits per heavy atom. The summed E-state index contributed by atoms with van der Waals surface area (Å²) in [5.74, 6) is -2.11. The molecule has 1 N–H and O–H groups in total. The van der Waals surface area contributed by atoms with E-state index < -0.39 is 12.1 Å². The van der Waals surface area contributed by atoms with Crippen molar-refractivity contribution in [2.24, 2.45) is 0 Å². The lowest BCUT2D eigenvalue weighted by molar-refractivity contribution is -0.192. The third-order valence-corrected chi connectivity index (χ3v) is 5.26. The smallest absolute Gasteiger partial charge is 0.475 e. The van der Waals surface area contributed by atoms with E-state index in [0.29, 0.717) is 24.5 Å². The van der Waals surface area contributed by atoms with E-state index in [1.165, 1.54) is 0 Å². The Hall–Kier alpha value is -2.92. The molecular formula is C21H23F3N2O6. The minimum absolute atomic E-state index is 0.000715. The van der Waals surface area contributed by atoms with Crippen molar-refractivity contribution >= 4 is 11.9 Å². The fourth-order valence-corrected chi connectivity index (χ4v) is 3.74. The van der Waals surface area contributed by atoms with Crippen LogP contribution in [0.5, 0.6) is 0 Å². The summed E-state index contributed by atoms with van der Waals surface area (Å²) in [7, 11) is 0. The number of carbonyl (C=O) groups is 2. The molecular weight excluding hydrogens is 433 g/mol. The molecule has 2 aliphatic heterocycles. The minimum atomic E-state index is -5.08. The van der Waals surface area contributed by atoms with Gasteiger partial charge in [-0.25, -0.2) is 4.79 Å². The molecule has 4 rings (SSSR count). The summed E-state index contributed by atoms with van der Waals surface area (Å²) < 4.78 is 49.1. The molecule has 1 amide bonds. The number of likely N-dealkylation sites (tertiary alicyclic amines) is 1. The van der Waals surface area contributed by atoms with Crippen molar-refractivity contribution in [3.63, 3.8) is 0 Å². The lowest BCUT2D eigenvalue weighted by Gasteiger charge is -2.32. The molecule has 174 valence electrons. The minimum Gasteiger partial charge on any atom is -0.475 e. The molecule has 0 saturated carbocycles. The number of aryl methyl sites for hydroxylation is 1. The zero-order chi connectivity index (χ0) is 23.3. The molecule has 2 aliphatic rings. The van der Waals surface area contributed by atoms with Crippen molar-refractivity contribution in [3.05, 3.63) is 53.7 Å². The van der Waals surface area contributed by atoms with Crippen LogP contribution in [0.1, 0.15) is 34.5 Å². The molecule has 8 nitrogen and oxygen atoms in total. The SMILES string of the molecule is Cc1occc1C(=O)N1C[C@@H](OCc2cccnc2)[C@H]2OCCC[C@@H]21.O=C(O)C(F)(F)F. The number of alkyl halides is 3. The summed E-state index contributed by atoms with van der Waals surface area (Å²) in [4.78, 5) is 27.9. The molecule has 2 aromatic heterocycles. The average Bonchev–Trinajstić information content (AvgIpc) is 3.36. The van der Waals surface area contributed by atoms with Gasteiger partial charge in [-0.05, 0) is 37.5 Å². The molecule has 0 aliphatic carbocycles. The van der Waals surface area contributed by atoms with Crippen LogP contribution in [-0.2, 0) is 20.9 Å². The predicted octanol–water partition coefficient (Wildman–Crippen LogP) is 3.21. The number of carbonyl (C=O) groups excluding carboxylic acids is 1. The lowest BCUT2D eigenvalue weighted by atomic mass is 10.0. The van der Waals surface area contributed by atoms with Gasteiger partial charge in [-0.3, -0.25) is 9.78 Å². The van der Waals surface area contributed by atoms with Crippen LogP contribution >= 0.6 is 0 Å². The Labute approximate surface area is 181 Å². The van der Waals surface area contributed by atoms with Crippen molar-refractivity contribution in [1.82, 2.24) is 9.88 Å². The van der Waals surface area contributed by atoms with Crippen LogP contribution in [0.4, 0.5) is 13.2 Å². The summed E-state index contributed by atoms with van der Waals surface area (Å²) in [6.45, 7) is 3.55. The second-order valence-electron chi connectivity index (χ2n) is 7.41. The number of furan rings is 1. The van der Waals surface area contributed by atoms with Gasteiger partial charge >= 0.3 is 12.1 Å². The van der Waals surface area contributed by atoms with Crippen LogP contribution < -0.4 is 0 Å². The number of carboxylic acid groups (broad SMARTS) is 1. The summed E-state index contributed by atoms with van der Waals surface area (Å²) >= 11 is 0. The first-order valence-corrected chi connectivity index (χ1v) is 9.95.